The topological polar surface area (TPSA) is 27.6 Å². The maximum atomic E-state index is 13.9. The Morgan fingerprint density at radius 1 is 1.22 bits per heavy atom. The van der Waals surface area contributed by atoms with Gasteiger partial charge in [-0.15, -0.1) is 0 Å². The van der Waals surface area contributed by atoms with Crippen molar-refractivity contribution in [1.82, 2.24) is 10.2 Å². The van der Waals surface area contributed by atoms with Gasteiger partial charge in [0, 0.05) is 14.4 Å². The SMILES string of the molecule is C=C/C=C1/NC(C(=C)C)N=C(C(=C)CCC2=CC(C)=C(F)C3CC23)N1C.CC.CC.CC.[HH]. The first-order valence-corrected chi connectivity index (χ1v) is 12.1. The summed E-state index contributed by atoms with van der Waals surface area (Å²) in [5.41, 5.74) is 4.08. The molecule has 1 fully saturated rings. The lowest BCUT2D eigenvalue weighted by Crippen LogP contribution is -2.45. The highest BCUT2D eigenvalue weighted by Gasteiger charge is 2.45. The van der Waals surface area contributed by atoms with Gasteiger partial charge in [0.25, 0.3) is 0 Å². The van der Waals surface area contributed by atoms with Crippen LogP contribution in [0.4, 0.5) is 4.39 Å². The van der Waals surface area contributed by atoms with Crippen molar-refractivity contribution >= 4 is 5.84 Å². The predicted molar refractivity (Wildman–Crippen MR) is 143 cm³/mol. The number of hydrogen-bond acceptors (Lipinski definition) is 3. The lowest BCUT2D eigenvalue weighted by atomic mass is 9.94. The summed E-state index contributed by atoms with van der Waals surface area (Å²) in [5.74, 6) is 2.42. The third-order valence-electron chi connectivity index (χ3n) is 5.36. The molecule has 1 saturated carbocycles. The number of halogens is 1. The Bertz CT molecular complexity index is 789. The van der Waals surface area contributed by atoms with Gasteiger partial charge in [0.2, 0.25) is 0 Å². The number of allylic oxidation sites excluding steroid dienone is 6. The van der Waals surface area contributed by atoms with Crippen LogP contribution in [0.2, 0.25) is 0 Å². The van der Waals surface area contributed by atoms with Crippen LogP contribution in [0.3, 0.4) is 0 Å². The average molecular weight is 446 g/mol. The van der Waals surface area contributed by atoms with Crippen LogP contribution in [-0.4, -0.2) is 23.9 Å². The summed E-state index contributed by atoms with van der Waals surface area (Å²) < 4.78 is 13.9. The molecule has 0 radical (unpaired) electrons. The second kappa shape index (κ2) is 14.7. The molecule has 1 aliphatic heterocycles. The van der Waals surface area contributed by atoms with Gasteiger partial charge in [-0.3, -0.25) is 0 Å². The van der Waals surface area contributed by atoms with Gasteiger partial charge in [0.15, 0.2) is 0 Å². The fourth-order valence-corrected chi connectivity index (χ4v) is 3.72. The van der Waals surface area contributed by atoms with Crippen molar-refractivity contribution < 1.29 is 5.82 Å². The van der Waals surface area contributed by atoms with Gasteiger partial charge in [-0.1, -0.05) is 79.0 Å². The number of aliphatic imine (C=N–C) groups is 1. The maximum Gasteiger partial charge on any atom is 0.143 e. The van der Waals surface area contributed by atoms with E-state index in [4.69, 9.17) is 4.99 Å². The third kappa shape index (κ3) is 7.36. The molecule has 0 aromatic carbocycles. The Morgan fingerprint density at radius 3 is 2.34 bits per heavy atom. The first-order chi connectivity index (χ1) is 15.3. The van der Waals surface area contributed by atoms with Gasteiger partial charge in [-0.25, -0.2) is 9.38 Å². The molecule has 0 saturated heterocycles. The molecule has 3 unspecified atom stereocenters. The molecule has 3 atom stereocenters. The predicted octanol–water partition coefficient (Wildman–Crippen LogP) is 8.33. The quantitative estimate of drug-likeness (QED) is 0.416. The van der Waals surface area contributed by atoms with E-state index in [1.54, 1.807) is 6.08 Å². The first-order valence-electron chi connectivity index (χ1n) is 12.1. The number of fused-ring (bicyclic) bond motifs is 1. The first kappa shape index (κ1) is 29.6. The number of nitrogens with one attached hydrogen (secondary N) is 1. The molecule has 1 heterocycles. The minimum atomic E-state index is -0.162. The van der Waals surface area contributed by atoms with Crippen LogP contribution < -0.4 is 5.32 Å². The van der Waals surface area contributed by atoms with E-state index < -0.39 is 0 Å². The van der Waals surface area contributed by atoms with Crippen LogP contribution in [0.15, 0.2) is 76.9 Å². The highest BCUT2D eigenvalue weighted by molar-refractivity contribution is 5.99. The smallest absolute Gasteiger partial charge is 0.143 e. The minimum absolute atomic E-state index is 0. The molecule has 1 N–H and O–H groups in total. The fourth-order valence-electron chi connectivity index (χ4n) is 3.72. The molecule has 4 heteroatoms. The van der Waals surface area contributed by atoms with Crippen molar-refractivity contribution in [3.63, 3.8) is 0 Å². The standard InChI is InChI=1S/C22H28FN3.3C2H6.H2/c1-7-8-19-24-21(13(2)3)25-22(26(19)6)14(4)9-10-16-11-15(5)20(23)18-12-17(16)18;3*1-2;/h7-8,11,17-18,21,24H,1-2,4,9-10,12H2,3,5-6H3;3*1-2H3;1H/b19-8-;;;;. The van der Waals surface area contributed by atoms with E-state index >= 15 is 0 Å². The van der Waals surface area contributed by atoms with Crippen molar-refractivity contribution in [2.45, 2.75) is 80.8 Å². The number of rotatable bonds is 6. The summed E-state index contributed by atoms with van der Waals surface area (Å²) in [6.45, 7) is 27.9. The Kier molecular flexibility index (Phi) is 13.6. The van der Waals surface area contributed by atoms with Crippen LogP contribution >= 0.6 is 0 Å². The molecule has 3 rings (SSSR count). The lowest BCUT2D eigenvalue weighted by molar-refractivity contribution is 0.473. The summed E-state index contributed by atoms with van der Waals surface area (Å²) in [7, 11) is 1.97. The largest absolute Gasteiger partial charge is 0.346 e. The van der Waals surface area contributed by atoms with Gasteiger partial charge in [0.1, 0.15) is 23.6 Å². The highest BCUT2D eigenvalue weighted by atomic mass is 19.1. The zero-order valence-electron chi connectivity index (χ0n) is 22.0. The zero-order chi connectivity index (χ0) is 25.0. The fraction of sp³-hybridized carbons (Fsp3) is 0.536. The molecular weight excluding hydrogens is 397 g/mol. The van der Waals surface area contributed by atoms with Crippen LogP contribution in [-0.2, 0) is 0 Å². The monoisotopic (exact) mass is 445 g/mol. The Labute approximate surface area is 198 Å². The highest BCUT2D eigenvalue weighted by Crippen LogP contribution is 2.54. The van der Waals surface area contributed by atoms with Gasteiger partial charge in [-0.05, 0) is 61.8 Å². The van der Waals surface area contributed by atoms with E-state index in [2.05, 4.69) is 25.1 Å². The van der Waals surface area contributed by atoms with E-state index in [9.17, 15) is 4.39 Å². The maximum absolute atomic E-state index is 13.9. The van der Waals surface area contributed by atoms with Crippen molar-refractivity contribution in [2.75, 3.05) is 7.05 Å². The normalized spacial score (nSPS) is 24.0. The molecule has 0 amide bonds. The van der Waals surface area contributed by atoms with Gasteiger partial charge < -0.3 is 10.2 Å². The van der Waals surface area contributed by atoms with Crippen molar-refractivity contribution in [3.05, 3.63) is 71.9 Å². The number of likely N-dealkylation sites (N-methyl/N-ethyl adjacent to an activating group) is 1. The van der Waals surface area contributed by atoms with Crippen molar-refractivity contribution in [3.8, 4) is 0 Å². The molecule has 3 nitrogen and oxygen atoms in total. The molecule has 3 aliphatic rings. The van der Waals surface area contributed by atoms with E-state index in [-0.39, 0.29) is 19.3 Å². The van der Waals surface area contributed by atoms with Gasteiger partial charge in [0.05, 0.1) is 0 Å². The zero-order valence-corrected chi connectivity index (χ0v) is 22.0. The van der Waals surface area contributed by atoms with Gasteiger partial charge >= 0.3 is 0 Å². The summed E-state index contributed by atoms with van der Waals surface area (Å²) in [6, 6.07) is 0. The number of nitrogens with zero attached hydrogens (tertiary/aromatic N) is 2. The average Bonchev–Trinajstić information content (AvgIpc) is 3.62. The molecule has 2 aliphatic carbocycles. The van der Waals surface area contributed by atoms with Crippen molar-refractivity contribution in [1.29, 1.82) is 0 Å². The molecule has 0 aromatic rings. The summed E-state index contributed by atoms with van der Waals surface area (Å²) in [6.07, 6.45) is 8.23. The Morgan fingerprint density at radius 2 is 1.81 bits per heavy atom. The molecule has 0 bridgehead atoms. The molecule has 32 heavy (non-hydrogen) atoms. The summed E-state index contributed by atoms with van der Waals surface area (Å²) >= 11 is 0. The second-order valence-corrected chi connectivity index (χ2v) is 7.50. The second-order valence-electron chi connectivity index (χ2n) is 7.50. The molecular formula is C28H48FN3. The van der Waals surface area contributed by atoms with Crippen LogP contribution in [0, 0.1) is 11.8 Å². The van der Waals surface area contributed by atoms with Crippen molar-refractivity contribution in [2.24, 2.45) is 16.8 Å². The van der Waals surface area contributed by atoms with Crippen LogP contribution in [0.25, 0.3) is 0 Å². The van der Waals surface area contributed by atoms with E-state index in [0.717, 1.165) is 47.6 Å². The number of amidine groups is 1. The minimum Gasteiger partial charge on any atom is -0.346 e. The Balaban J connectivity index is 0. The summed E-state index contributed by atoms with van der Waals surface area (Å²) in [5, 5.41) is 3.35. The van der Waals surface area contributed by atoms with Crippen LogP contribution in [0.5, 0.6) is 0 Å². The number of hydrogen-bond donors (Lipinski definition) is 1. The summed E-state index contributed by atoms with van der Waals surface area (Å²) in [4.78, 5) is 6.79. The molecule has 182 valence electrons. The molecule has 0 spiro atoms. The Hall–Kier alpha value is -2.36. The van der Waals surface area contributed by atoms with Gasteiger partial charge in [-0.2, -0.15) is 0 Å². The lowest BCUT2D eigenvalue weighted by Gasteiger charge is -2.34. The van der Waals surface area contributed by atoms with Crippen LogP contribution in [0.1, 0.15) is 76.1 Å². The van der Waals surface area contributed by atoms with E-state index in [0.29, 0.717) is 5.92 Å². The molecule has 0 aromatic heterocycles. The van der Waals surface area contributed by atoms with E-state index in [1.165, 1.54) is 5.57 Å². The third-order valence-corrected chi connectivity index (χ3v) is 5.36. The van der Waals surface area contributed by atoms with E-state index in [1.807, 2.05) is 79.5 Å².